The number of fused-ring (bicyclic) bond motifs is 1. The molecule has 3 aromatic rings. The lowest BCUT2D eigenvalue weighted by Crippen LogP contribution is -2.07. The van der Waals surface area contributed by atoms with E-state index in [1.807, 2.05) is 24.3 Å². The average Bonchev–Trinajstić information content (AvgIpc) is 2.56. The zero-order chi connectivity index (χ0) is 17.1. The van der Waals surface area contributed by atoms with Crippen LogP contribution in [0, 0.1) is 10.1 Å². The van der Waals surface area contributed by atoms with E-state index in [1.165, 1.54) is 18.5 Å². The Morgan fingerprint density at radius 3 is 2.67 bits per heavy atom. The molecule has 1 aromatic heterocycles. The Morgan fingerprint density at radius 1 is 1.12 bits per heavy atom. The van der Waals surface area contributed by atoms with Gasteiger partial charge in [-0.1, -0.05) is 41.4 Å². The summed E-state index contributed by atoms with van der Waals surface area (Å²) in [7, 11) is 0. The number of nitrogens with one attached hydrogen (secondary N) is 1. The van der Waals surface area contributed by atoms with Crippen molar-refractivity contribution in [1.29, 1.82) is 0 Å². The normalized spacial score (nSPS) is 10.8. The van der Waals surface area contributed by atoms with E-state index in [1.54, 1.807) is 0 Å². The van der Waals surface area contributed by atoms with E-state index in [9.17, 15) is 10.1 Å². The molecule has 0 saturated heterocycles. The fraction of sp³-hybridized carbons (Fsp3) is 0.125. The standard InChI is InChI=1S/C16H12Cl2N4O2/c17-12-4-2-1-3-10(12)5-6-19-16-11-7-15(22(23)24)13(18)8-14(11)20-9-21-16/h1-4,7-9H,5-6H2,(H,19,20,21). The molecule has 0 atom stereocenters. The van der Waals surface area contributed by atoms with Crippen molar-refractivity contribution in [3.8, 4) is 0 Å². The van der Waals surface area contributed by atoms with Crippen LogP contribution < -0.4 is 5.32 Å². The molecule has 0 aliphatic rings. The van der Waals surface area contributed by atoms with E-state index in [0.717, 1.165) is 5.56 Å². The first-order chi connectivity index (χ1) is 11.6. The van der Waals surface area contributed by atoms with Crippen molar-refractivity contribution in [2.45, 2.75) is 6.42 Å². The van der Waals surface area contributed by atoms with Crippen LogP contribution in [-0.2, 0) is 6.42 Å². The molecule has 6 nitrogen and oxygen atoms in total. The van der Waals surface area contributed by atoms with Gasteiger partial charge in [-0.25, -0.2) is 9.97 Å². The first kappa shape index (κ1) is 16.4. The average molecular weight is 363 g/mol. The third kappa shape index (κ3) is 3.39. The lowest BCUT2D eigenvalue weighted by Gasteiger charge is -2.09. The molecule has 3 rings (SSSR count). The second-order valence-electron chi connectivity index (χ2n) is 5.07. The summed E-state index contributed by atoms with van der Waals surface area (Å²) in [6.45, 7) is 0.576. The number of halogens is 2. The van der Waals surface area contributed by atoms with E-state index < -0.39 is 4.92 Å². The van der Waals surface area contributed by atoms with Crippen LogP contribution in [0.15, 0.2) is 42.7 Å². The van der Waals surface area contributed by atoms with Gasteiger partial charge >= 0.3 is 0 Å². The molecular weight excluding hydrogens is 351 g/mol. The Kier molecular flexibility index (Phi) is 4.78. The quantitative estimate of drug-likeness (QED) is 0.533. The zero-order valence-corrected chi connectivity index (χ0v) is 13.9. The Hall–Kier alpha value is -2.44. The van der Waals surface area contributed by atoms with Gasteiger partial charge in [0.25, 0.3) is 5.69 Å². The third-order valence-corrected chi connectivity index (χ3v) is 4.22. The highest BCUT2D eigenvalue weighted by Gasteiger charge is 2.16. The maximum Gasteiger partial charge on any atom is 0.288 e. The minimum atomic E-state index is -0.526. The molecule has 0 amide bonds. The summed E-state index contributed by atoms with van der Waals surface area (Å²) < 4.78 is 0. The summed E-state index contributed by atoms with van der Waals surface area (Å²) in [5, 5.41) is 15.5. The largest absolute Gasteiger partial charge is 0.369 e. The highest BCUT2D eigenvalue weighted by Crippen LogP contribution is 2.31. The second kappa shape index (κ2) is 6.98. The van der Waals surface area contributed by atoms with Crippen LogP contribution in [0.4, 0.5) is 11.5 Å². The van der Waals surface area contributed by atoms with Gasteiger partial charge < -0.3 is 5.32 Å². The van der Waals surface area contributed by atoms with E-state index in [4.69, 9.17) is 23.2 Å². The van der Waals surface area contributed by atoms with E-state index in [2.05, 4.69) is 15.3 Å². The predicted molar refractivity (Wildman–Crippen MR) is 94.8 cm³/mol. The summed E-state index contributed by atoms with van der Waals surface area (Å²) in [5.41, 5.74) is 1.38. The number of hydrogen-bond donors (Lipinski definition) is 1. The SMILES string of the molecule is O=[N+]([O-])c1cc2c(NCCc3ccccc3Cl)ncnc2cc1Cl. The van der Waals surface area contributed by atoms with Gasteiger partial charge in [-0.15, -0.1) is 0 Å². The van der Waals surface area contributed by atoms with Gasteiger partial charge in [0.05, 0.1) is 10.4 Å². The first-order valence-electron chi connectivity index (χ1n) is 7.12. The van der Waals surface area contributed by atoms with Crippen molar-refractivity contribution in [3.63, 3.8) is 0 Å². The summed E-state index contributed by atoms with van der Waals surface area (Å²) in [6.07, 6.45) is 2.09. The molecule has 2 aromatic carbocycles. The van der Waals surface area contributed by atoms with E-state index in [0.29, 0.717) is 34.7 Å². The molecule has 0 aliphatic carbocycles. The fourth-order valence-corrected chi connectivity index (χ4v) is 2.82. The van der Waals surface area contributed by atoms with Gasteiger partial charge in [-0.3, -0.25) is 10.1 Å². The van der Waals surface area contributed by atoms with Crippen molar-refractivity contribution in [2.75, 3.05) is 11.9 Å². The Labute approximate surface area is 147 Å². The number of nitro groups is 1. The summed E-state index contributed by atoms with van der Waals surface area (Å²) in [5.74, 6) is 0.520. The van der Waals surface area contributed by atoms with Crippen LogP contribution in [0.2, 0.25) is 10.0 Å². The van der Waals surface area contributed by atoms with Gasteiger partial charge in [-0.2, -0.15) is 0 Å². The molecule has 1 heterocycles. The number of nitrogens with zero attached hydrogens (tertiary/aromatic N) is 3. The number of rotatable bonds is 5. The Morgan fingerprint density at radius 2 is 1.92 bits per heavy atom. The number of anilines is 1. The monoisotopic (exact) mass is 362 g/mol. The van der Waals surface area contributed by atoms with Crippen LogP contribution in [-0.4, -0.2) is 21.4 Å². The maximum absolute atomic E-state index is 11.1. The van der Waals surface area contributed by atoms with Crippen molar-refractivity contribution in [1.82, 2.24) is 9.97 Å². The third-order valence-electron chi connectivity index (χ3n) is 3.55. The predicted octanol–water partition coefficient (Wildman–Crippen LogP) is 4.50. The summed E-state index contributed by atoms with van der Waals surface area (Å²) in [6, 6.07) is 10.4. The Bertz CT molecular complexity index is 918. The lowest BCUT2D eigenvalue weighted by molar-refractivity contribution is -0.384. The minimum absolute atomic E-state index is 0.0493. The van der Waals surface area contributed by atoms with E-state index in [-0.39, 0.29) is 10.7 Å². The molecular formula is C16H12Cl2N4O2. The molecule has 0 unspecified atom stereocenters. The molecule has 0 fully saturated rings. The minimum Gasteiger partial charge on any atom is -0.369 e. The smallest absolute Gasteiger partial charge is 0.288 e. The van der Waals surface area contributed by atoms with Crippen molar-refractivity contribution in [2.24, 2.45) is 0 Å². The maximum atomic E-state index is 11.1. The van der Waals surface area contributed by atoms with E-state index >= 15 is 0 Å². The second-order valence-corrected chi connectivity index (χ2v) is 5.88. The highest BCUT2D eigenvalue weighted by atomic mass is 35.5. The van der Waals surface area contributed by atoms with Gasteiger partial charge in [0.2, 0.25) is 0 Å². The molecule has 0 saturated carbocycles. The van der Waals surface area contributed by atoms with Crippen LogP contribution >= 0.6 is 23.2 Å². The van der Waals surface area contributed by atoms with Crippen LogP contribution in [0.3, 0.4) is 0 Å². The number of benzene rings is 2. The van der Waals surface area contributed by atoms with Gasteiger partial charge in [0, 0.05) is 23.0 Å². The van der Waals surface area contributed by atoms with Crippen molar-refractivity contribution < 1.29 is 4.92 Å². The summed E-state index contributed by atoms with van der Waals surface area (Å²) >= 11 is 12.0. The summed E-state index contributed by atoms with van der Waals surface area (Å²) in [4.78, 5) is 18.8. The fourth-order valence-electron chi connectivity index (χ4n) is 2.36. The van der Waals surface area contributed by atoms with Gasteiger partial charge in [0.1, 0.15) is 17.2 Å². The van der Waals surface area contributed by atoms with Crippen molar-refractivity contribution >= 4 is 45.6 Å². The Balaban J connectivity index is 1.85. The molecule has 0 bridgehead atoms. The molecule has 0 aliphatic heterocycles. The van der Waals surface area contributed by atoms with Gasteiger partial charge in [-0.05, 0) is 24.1 Å². The molecule has 24 heavy (non-hydrogen) atoms. The van der Waals surface area contributed by atoms with Crippen LogP contribution in [0.5, 0.6) is 0 Å². The molecule has 0 spiro atoms. The van der Waals surface area contributed by atoms with Gasteiger partial charge in [0.15, 0.2) is 0 Å². The van der Waals surface area contributed by atoms with Crippen molar-refractivity contribution in [3.05, 3.63) is 68.4 Å². The molecule has 1 N–H and O–H groups in total. The molecule has 0 radical (unpaired) electrons. The number of aromatic nitrogens is 2. The molecule has 122 valence electrons. The number of hydrogen-bond acceptors (Lipinski definition) is 5. The highest BCUT2D eigenvalue weighted by molar-refractivity contribution is 6.33. The van der Waals surface area contributed by atoms with Crippen LogP contribution in [0.1, 0.15) is 5.56 Å². The zero-order valence-electron chi connectivity index (χ0n) is 12.4. The lowest BCUT2D eigenvalue weighted by atomic mass is 10.1. The topological polar surface area (TPSA) is 81.0 Å². The molecule has 8 heteroatoms. The van der Waals surface area contributed by atoms with Crippen LogP contribution in [0.25, 0.3) is 10.9 Å². The first-order valence-corrected chi connectivity index (χ1v) is 7.88. The number of nitro benzene ring substituents is 1.